The van der Waals surface area contributed by atoms with Gasteiger partial charge in [-0.05, 0) is 55.0 Å². The zero-order valence-electron chi connectivity index (χ0n) is 15.3. The van der Waals surface area contributed by atoms with Crippen molar-refractivity contribution in [2.45, 2.75) is 6.92 Å². The molecule has 0 unspecified atom stereocenters. The Morgan fingerprint density at radius 3 is 2.75 bits per heavy atom. The quantitative estimate of drug-likeness (QED) is 0.482. The van der Waals surface area contributed by atoms with Crippen molar-refractivity contribution in [2.24, 2.45) is 0 Å². The van der Waals surface area contributed by atoms with Gasteiger partial charge in [0.2, 0.25) is 5.89 Å². The van der Waals surface area contributed by atoms with E-state index in [-0.39, 0.29) is 5.91 Å². The molecule has 1 heterocycles. The predicted octanol–water partition coefficient (Wildman–Crippen LogP) is 5.72. The Morgan fingerprint density at radius 1 is 1.11 bits per heavy atom. The number of anilines is 1. The fourth-order valence-corrected chi connectivity index (χ4v) is 3.10. The number of halogens is 1. The SMILES string of the molecule is COc1ccccc1C(=O)Nc1cc(-c2nc3cc(Cl)ccc3o2)ccc1C. The number of nitrogens with one attached hydrogen (secondary N) is 1. The van der Waals surface area contributed by atoms with E-state index in [4.69, 9.17) is 20.8 Å². The Kier molecular flexibility index (Phi) is 4.75. The minimum atomic E-state index is -0.248. The molecule has 1 N–H and O–H groups in total. The van der Waals surface area contributed by atoms with E-state index >= 15 is 0 Å². The van der Waals surface area contributed by atoms with Gasteiger partial charge in [-0.25, -0.2) is 4.98 Å². The molecule has 0 saturated heterocycles. The lowest BCUT2D eigenvalue weighted by Crippen LogP contribution is -2.14. The molecule has 4 rings (SSSR count). The number of hydrogen-bond donors (Lipinski definition) is 1. The summed E-state index contributed by atoms with van der Waals surface area (Å²) in [7, 11) is 1.54. The summed E-state index contributed by atoms with van der Waals surface area (Å²) >= 11 is 6.02. The van der Waals surface area contributed by atoms with Gasteiger partial charge in [-0.2, -0.15) is 0 Å². The van der Waals surface area contributed by atoms with Crippen LogP contribution in [0.3, 0.4) is 0 Å². The highest BCUT2D eigenvalue weighted by Gasteiger charge is 2.15. The molecule has 3 aromatic carbocycles. The number of rotatable bonds is 4. The highest BCUT2D eigenvalue weighted by atomic mass is 35.5. The van der Waals surface area contributed by atoms with Crippen LogP contribution in [0.5, 0.6) is 5.75 Å². The summed E-state index contributed by atoms with van der Waals surface area (Å²) in [6.45, 7) is 1.92. The highest BCUT2D eigenvalue weighted by molar-refractivity contribution is 6.31. The third-order valence-electron chi connectivity index (χ3n) is 4.43. The van der Waals surface area contributed by atoms with Gasteiger partial charge in [0, 0.05) is 16.3 Å². The molecule has 0 radical (unpaired) electrons. The molecule has 6 heteroatoms. The van der Waals surface area contributed by atoms with E-state index in [1.54, 1.807) is 36.4 Å². The molecule has 0 saturated carbocycles. The maximum absolute atomic E-state index is 12.7. The number of oxazole rings is 1. The first kappa shape index (κ1) is 18.1. The summed E-state index contributed by atoms with van der Waals surface area (Å²) in [6, 6.07) is 18.0. The van der Waals surface area contributed by atoms with Gasteiger partial charge < -0.3 is 14.5 Å². The smallest absolute Gasteiger partial charge is 0.259 e. The topological polar surface area (TPSA) is 64.4 Å². The van der Waals surface area contributed by atoms with Crippen molar-refractivity contribution in [1.29, 1.82) is 0 Å². The second kappa shape index (κ2) is 7.37. The van der Waals surface area contributed by atoms with Gasteiger partial charge in [-0.15, -0.1) is 0 Å². The molecule has 0 aliphatic carbocycles. The number of carbonyl (C=O) groups is 1. The molecule has 4 aromatic rings. The van der Waals surface area contributed by atoms with Crippen LogP contribution in [0.2, 0.25) is 5.02 Å². The average molecular weight is 393 g/mol. The molecular weight excluding hydrogens is 376 g/mol. The second-order valence-electron chi connectivity index (χ2n) is 6.32. The van der Waals surface area contributed by atoms with Crippen LogP contribution in [0.4, 0.5) is 5.69 Å². The van der Waals surface area contributed by atoms with Crippen LogP contribution in [-0.2, 0) is 0 Å². The maximum Gasteiger partial charge on any atom is 0.259 e. The normalized spacial score (nSPS) is 10.8. The van der Waals surface area contributed by atoms with Crippen LogP contribution in [0.1, 0.15) is 15.9 Å². The highest BCUT2D eigenvalue weighted by Crippen LogP contribution is 2.29. The molecule has 0 aliphatic heterocycles. The Morgan fingerprint density at radius 2 is 1.93 bits per heavy atom. The van der Waals surface area contributed by atoms with Crippen molar-refractivity contribution >= 4 is 34.3 Å². The third-order valence-corrected chi connectivity index (χ3v) is 4.67. The number of hydrogen-bond acceptors (Lipinski definition) is 4. The van der Waals surface area contributed by atoms with Crippen molar-refractivity contribution in [2.75, 3.05) is 12.4 Å². The number of benzene rings is 3. The monoisotopic (exact) mass is 392 g/mol. The minimum Gasteiger partial charge on any atom is -0.496 e. The van der Waals surface area contributed by atoms with E-state index in [0.29, 0.717) is 39.0 Å². The zero-order valence-corrected chi connectivity index (χ0v) is 16.1. The molecule has 0 spiro atoms. The Hall–Kier alpha value is -3.31. The lowest BCUT2D eigenvalue weighted by Gasteiger charge is -2.11. The van der Waals surface area contributed by atoms with Gasteiger partial charge in [0.1, 0.15) is 11.3 Å². The van der Waals surface area contributed by atoms with E-state index in [2.05, 4.69) is 10.3 Å². The molecule has 1 aromatic heterocycles. The summed E-state index contributed by atoms with van der Waals surface area (Å²) in [5.74, 6) is 0.733. The van der Waals surface area contributed by atoms with Crippen LogP contribution in [0, 0.1) is 6.92 Å². The fraction of sp³-hybridized carbons (Fsp3) is 0.0909. The Labute approximate surface area is 166 Å². The molecule has 5 nitrogen and oxygen atoms in total. The minimum absolute atomic E-state index is 0.248. The van der Waals surface area contributed by atoms with Crippen LogP contribution >= 0.6 is 11.6 Å². The van der Waals surface area contributed by atoms with Crippen molar-refractivity contribution in [3.63, 3.8) is 0 Å². The first-order chi connectivity index (χ1) is 13.5. The van der Waals surface area contributed by atoms with Gasteiger partial charge in [0.15, 0.2) is 5.58 Å². The van der Waals surface area contributed by atoms with Crippen LogP contribution < -0.4 is 10.1 Å². The maximum atomic E-state index is 12.7. The van der Waals surface area contributed by atoms with E-state index in [0.717, 1.165) is 11.1 Å². The third kappa shape index (κ3) is 3.44. The number of aryl methyl sites for hydroxylation is 1. The molecule has 0 fully saturated rings. The number of amides is 1. The number of carbonyl (C=O) groups excluding carboxylic acids is 1. The lowest BCUT2D eigenvalue weighted by atomic mass is 10.1. The molecular formula is C22H17ClN2O3. The van der Waals surface area contributed by atoms with Gasteiger partial charge in [-0.3, -0.25) is 4.79 Å². The standard InChI is InChI=1S/C22H17ClN2O3/c1-13-7-8-14(22-25-18-12-15(23)9-10-20(18)28-22)11-17(13)24-21(26)16-5-3-4-6-19(16)27-2/h3-12H,1-2H3,(H,24,26). The summed E-state index contributed by atoms with van der Waals surface area (Å²) in [6.07, 6.45) is 0. The molecule has 0 bridgehead atoms. The first-order valence-corrected chi connectivity index (χ1v) is 9.04. The van der Waals surface area contributed by atoms with Crippen molar-refractivity contribution in [3.8, 4) is 17.2 Å². The van der Waals surface area contributed by atoms with Gasteiger partial charge in [0.05, 0.1) is 12.7 Å². The number of para-hydroxylation sites is 1. The first-order valence-electron chi connectivity index (χ1n) is 8.66. The van der Waals surface area contributed by atoms with Crippen LogP contribution in [0.15, 0.2) is 65.1 Å². The van der Waals surface area contributed by atoms with Gasteiger partial charge >= 0.3 is 0 Å². The predicted molar refractivity (Wildman–Crippen MR) is 110 cm³/mol. The number of ether oxygens (including phenoxy) is 1. The number of methoxy groups -OCH3 is 1. The summed E-state index contributed by atoms with van der Waals surface area (Å²) < 4.78 is 11.1. The largest absolute Gasteiger partial charge is 0.496 e. The number of fused-ring (bicyclic) bond motifs is 1. The Balaban J connectivity index is 1.67. The number of aromatic nitrogens is 1. The van der Waals surface area contributed by atoms with E-state index in [1.165, 1.54) is 7.11 Å². The fourth-order valence-electron chi connectivity index (χ4n) is 2.94. The molecule has 0 aliphatic rings. The summed E-state index contributed by atoms with van der Waals surface area (Å²) in [4.78, 5) is 17.2. The lowest BCUT2D eigenvalue weighted by molar-refractivity contribution is 0.102. The van der Waals surface area contributed by atoms with Crippen molar-refractivity contribution in [1.82, 2.24) is 4.98 Å². The molecule has 1 amide bonds. The van der Waals surface area contributed by atoms with Crippen LogP contribution in [-0.4, -0.2) is 18.0 Å². The average Bonchev–Trinajstić information content (AvgIpc) is 3.12. The van der Waals surface area contributed by atoms with Gasteiger partial charge in [0.25, 0.3) is 5.91 Å². The Bertz CT molecular complexity index is 1180. The molecule has 140 valence electrons. The van der Waals surface area contributed by atoms with Crippen LogP contribution in [0.25, 0.3) is 22.6 Å². The zero-order chi connectivity index (χ0) is 19.7. The van der Waals surface area contributed by atoms with Gasteiger partial charge in [-0.1, -0.05) is 29.8 Å². The summed E-state index contributed by atoms with van der Waals surface area (Å²) in [5.41, 5.74) is 4.15. The second-order valence-corrected chi connectivity index (χ2v) is 6.75. The number of nitrogens with zero attached hydrogens (tertiary/aromatic N) is 1. The molecule has 0 atom stereocenters. The summed E-state index contributed by atoms with van der Waals surface area (Å²) in [5, 5.41) is 3.54. The molecule has 28 heavy (non-hydrogen) atoms. The van der Waals surface area contributed by atoms with E-state index in [1.807, 2.05) is 31.2 Å². The van der Waals surface area contributed by atoms with Crippen molar-refractivity contribution < 1.29 is 13.9 Å². The van der Waals surface area contributed by atoms with E-state index in [9.17, 15) is 4.79 Å². The van der Waals surface area contributed by atoms with Crippen molar-refractivity contribution in [3.05, 3.63) is 76.8 Å². The van der Waals surface area contributed by atoms with E-state index < -0.39 is 0 Å².